The van der Waals surface area contributed by atoms with E-state index < -0.39 is 21.5 Å². The third kappa shape index (κ3) is 8.72. The fraction of sp³-hybridized carbons (Fsp3) is 0.435. The number of nitrogens with two attached hydrogens (primary N) is 1. The summed E-state index contributed by atoms with van der Waals surface area (Å²) < 4.78 is 28.9. The molecule has 1 aromatic heterocycles. The standard InChI is InChI=1S/C22H32N6O5S.CH4/c1-4-5-12-28(22(23)24)33-13-11-25-20(29)15-27-17(3)9-10-19(21(27)30)26-34(31,32)18-8-6-7-16(2)14-18;/h6-10,14,26H,4-5,11-13,15H2,1-3H3,(H3,23,24)(H,25,29);1H4. The van der Waals surface area contributed by atoms with Gasteiger partial charge in [-0.3, -0.25) is 24.6 Å². The zero-order valence-electron chi connectivity index (χ0n) is 19.6. The van der Waals surface area contributed by atoms with Crippen LogP contribution in [0.2, 0.25) is 0 Å². The number of benzene rings is 1. The highest BCUT2D eigenvalue weighted by atomic mass is 32.2. The maximum absolute atomic E-state index is 12.9. The number of aromatic nitrogens is 1. The maximum Gasteiger partial charge on any atom is 0.275 e. The third-order valence-electron chi connectivity index (χ3n) is 4.89. The molecule has 1 amide bonds. The van der Waals surface area contributed by atoms with Crippen molar-refractivity contribution in [1.82, 2.24) is 14.9 Å². The highest BCUT2D eigenvalue weighted by molar-refractivity contribution is 7.92. The van der Waals surface area contributed by atoms with Gasteiger partial charge in [0.25, 0.3) is 15.6 Å². The first kappa shape index (κ1) is 29.7. The van der Waals surface area contributed by atoms with Crippen molar-refractivity contribution < 1.29 is 18.0 Å². The number of carbonyl (C=O) groups is 1. The van der Waals surface area contributed by atoms with E-state index in [4.69, 9.17) is 16.0 Å². The van der Waals surface area contributed by atoms with Gasteiger partial charge in [0, 0.05) is 18.8 Å². The molecule has 0 aliphatic heterocycles. The number of hydroxylamine groups is 2. The number of nitrogens with zero attached hydrogens (tertiary/aromatic N) is 2. The summed E-state index contributed by atoms with van der Waals surface area (Å²) in [6, 6.07) is 9.26. The van der Waals surface area contributed by atoms with Crippen molar-refractivity contribution in [2.75, 3.05) is 24.4 Å². The lowest BCUT2D eigenvalue weighted by Crippen LogP contribution is -2.40. The van der Waals surface area contributed by atoms with Crippen molar-refractivity contribution in [2.45, 2.75) is 52.5 Å². The molecular weight excluding hydrogens is 472 g/mol. The quantitative estimate of drug-likeness (QED) is 0.147. The van der Waals surface area contributed by atoms with E-state index >= 15 is 0 Å². The summed E-state index contributed by atoms with van der Waals surface area (Å²) in [4.78, 5) is 30.7. The van der Waals surface area contributed by atoms with E-state index in [1.165, 1.54) is 27.8 Å². The van der Waals surface area contributed by atoms with Crippen LogP contribution in [0.25, 0.3) is 0 Å². The molecule has 5 N–H and O–H groups in total. The van der Waals surface area contributed by atoms with Crippen LogP contribution >= 0.6 is 0 Å². The van der Waals surface area contributed by atoms with Gasteiger partial charge in [0.2, 0.25) is 11.9 Å². The van der Waals surface area contributed by atoms with Crippen molar-refractivity contribution >= 4 is 27.6 Å². The Morgan fingerprint density at radius 3 is 2.57 bits per heavy atom. The van der Waals surface area contributed by atoms with Gasteiger partial charge >= 0.3 is 0 Å². The second kappa shape index (κ2) is 13.5. The SMILES string of the molecule is C.CCCCN(OCCNC(=O)Cn1c(C)ccc(NS(=O)(=O)c2cccc(C)c2)c1=O)C(=N)N. The number of hydrogen-bond acceptors (Lipinski definition) is 6. The molecule has 0 saturated carbocycles. The number of carbonyl (C=O) groups excluding carboxylic acids is 1. The molecule has 0 unspecified atom stereocenters. The summed E-state index contributed by atoms with van der Waals surface area (Å²) in [5.74, 6) is -0.665. The topological polar surface area (TPSA) is 160 Å². The lowest BCUT2D eigenvalue weighted by Gasteiger charge is -2.21. The molecule has 12 heteroatoms. The molecule has 35 heavy (non-hydrogen) atoms. The maximum atomic E-state index is 12.9. The fourth-order valence-electron chi connectivity index (χ4n) is 3.03. The smallest absolute Gasteiger partial charge is 0.275 e. The highest BCUT2D eigenvalue weighted by Crippen LogP contribution is 2.15. The summed E-state index contributed by atoms with van der Waals surface area (Å²) in [6.07, 6.45) is 1.72. The molecule has 0 spiro atoms. The highest BCUT2D eigenvalue weighted by Gasteiger charge is 2.18. The van der Waals surface area contributed by atoms with Gasteiger partial charge in [-0.2, -0.15) is 0 Å². The van der Waals surface area contributed by atoms with Crippen molar-refractivity contribution in [3.05, 3.63) is 58.0 Å². The monoisotopic (exact) mass is 508 g/mol. The number of sulfonamides is 1. The van der Waals surface area contributed by atoms with Gasteiger partial charge < -0.3 is 15.6 Å². The van der Waals surface area contributed by atoms with Gasteiger partial charge in [0.15, 0.2) is 0 Å². The van der Waals surface area contributed by atoms with Gasteiger partial charge in [-0.15, -0.1) is 0 Å². The van der Waals surface area contributed by atoms with Crippen LogP contribution in [0, 0.1) is 19.3 Å². The molecular formula is C23H36N6O5S. The van der Waals surface area contributed by atoms with Crippen LogP contribution in [0.15, 0.2) is 46.1 Å². The minimum absolute atomic E-state index is 0. The van der Waals surface area contributed by atoms with Gasteiger partial charge in [-0.05, 0) is 50.1 Å². The van der Waals surface area contributed by atoms with E-state index in [1.807, 2.05) is 6.92 Å². The van der Waals surface area contributed by atoms with Crippen molar-refractivity contribution in [2.24, 2.45) is 5.73 Å². The molecule has 11 nitrogen and oxygen atoms in total. The second-order valence-electron chi connectivity index (χ2n) is 7.73. The zero-order valence-corrected chi connectivity index (χ0v) is 20.4. The number of aryl methyl sites for hydroxylation is 2. The van der Waals surface area contributed by atoms with E-state index in [0.29, 0.717) is 12.2 Å². The zero-order chi connectivity index (χ0) is 25.3. The van der Waals surface area contributed by atoms with E-state index in [2.05, 4.69) is 10.0 Å². The number of hydrogen-bond donors (Lipinski definition) is 4. The van der Waals surface area contributed by atoms with E-state index in [-0.39, 0.29) is 43.7 Å². The summed E-state index contributed by atoms with van der Waals surface area (Å²) in [6.45, 7) is 5.84. The van der Waals surface area contributed by atoms with Crippen molar-refractivity contribution in [1.29, 1.82) is 5.41 Å². The molecule has 0 fully saturated rings. The lowest BCUT2D eigenvalue weighted by molar-refractivity contribution is -0.124. The van der Waals surface area contributed by atoms with Crippen LogP contribution in [0.4, 0.5) is 5.69 Å². The molecule has 0 aliphatic carbocycles. The van der Waals surface area contributed by atoms with Gasteiger partial charge in [-0.25, -0.2) is 13.5 Å². The molecule has 0 atom stereocenters. The van der Waals surface area contributed by atoms with Crippen molar-refractivity contribution in [3.8, 4) is 0 Å². The third-order valence-corrected chi connectivity index (χ3v) is 6.26. The summed E-state index contributed by atoms with van der Waals surface area (Å²) in [7, 11) is -3.97. The molecule has 0 saturated heterocycles. The Hall–Kier alpha value is -3.38. The largest absolute Gasteiger partial charge is 0.368 e. The Labute approximate surface area is 206 Å². The average molecular weight is 509 g/mol. The minimum atomic E-state index is -3.97. The normalized spacial score (nSPS) is 10.8. The molecule has 2 aromatic rings. The number of anilines is 1. The Kier molecular flexibility index (Phi) is 11.4. The van der Waals surface area contributed by atoms with E-state index in [1.54, 1.807) is 32.0 Å². The van der Waals surface area contributed by atoms with Crippen LogP contribution in [0.1, 0.15) is 38.4 Å². The number of pyridine rings is 1. The molecule has 0 bridgehead atoms. The average Bonchev–Trinajstić information content (AvgIpc) is 2.77. The summed E-state index contributed by atoms with van der Waals surface area (Å²) >= 11 is 0. The Balaban J connectivity index is 0.00000612. The number of amides is 1. The van der Waals surface area contributed by atoms with Gasteiger partial charge in [-0.1, -0.05) is 32.9 Å². The van der Waals surface area contributed by atoms with E-state index in [0.717, 1.165) is 18.4 Å². The molecule has 0 radical (unpaired) electrons. The second-order valence-corrected chi connectivity index (χ2v) is 9.41. The fourth-order valence-corrected chi connectivity index (χ4v) is 4.19. The summed E-state index contributed by atoms with van der Waals surface area (Å²) in [5.41, 5.74) is 5.94. The van der Waals surface area contributed by atoms with E-state index in [9.17, 15) is 18.0 Å². The van der Waals surface area contributed by atoms with Crippen LogP contribution in [-0.2, 0) is 26.2 Å². The van der Waals surface area contributed by atoms with Crippen LogP contribution in [0.5, 0.6) is 0 Å². The van der Waals surface area contributed by atoms with Crippen LogP contribution in [-0.4, -0.2) is 49.6 Å². The predicted octanol–water partition coefficient (Wildman–Crippen LogP) is 1.95. The Morgan fingerprint density at radius 2 is 1.94 bits per heavy atom. The van der Waals surface area contributed by atoms with Crippen molar-refractivity contribution in [3.63, 3.8) is 0 Å². The first-order chi connectivity index (χ1) is 16.0. The van der Waals surface area contributed by atoms with Gasteiger partial charge in [0.1, 0.15) is 12.2 Å². The molecule has 1 heterocycles. The molecule has 2 rings (SSSR count). The number of nitrogens with one attached hydrogen (secondary N) is 3. The first-order valence-electron chi connectivity index (χ1n) is 10.9. The first-order valence-corrected chi connectivity index (χ1v) is 12.3. The number of unbranched alkanes of at least 4 members (excludes halogenated alkanes) is 1. The van der Waals surface area contributed by atoms with Crippen LogP contribution in [0.3, 0.4) is 0 Å². The predicted molar refractivity (Wildman–Crippen MR) is 137 cm³/mol. The summed E-state index contributed by atoms with van der Waals surface area (Å²) in [5, 5.41) is 11.4. The van der Waals surface area contributed by atoms with Crippen LogP contribution < -0.4 is 21.3 Å². The minimum Gasteiger partial charge on any atom is -0.368 e. The molecule has 0 aliphatic rings. The molecule has 194 valence electrons. The Morgan fingerprint density at radius 1 is 1.23 bits per heavy atom. The molecule has 1 aromatic carbocycles. The number of guanidine groups is 1. The lowest BCUT2D eigenvalue weighted by atomic mass is 10.2. The van der Waals surface area contributed by atoms with Gasteiger partial charge in [0.05, 0.1) is 11.5 Å². The Bertz CT molecular complexity index is 1180. The number of rotatable bonds is 12.